The highest BCUT2D eigenvalue weighted by molar-refractivity contribution is 5.81. The first-order valence-electron chi connectivity index (χ1n) is 8.37. The van der Waals surface area contributed by atoms with Crippen molar-refractivity contribution >= 4 is 17.8 Å². The quantitative estimate of drug-likeness (QED) is 0.650. The monoisotopic (exact) mass is 366 g/mol. The van der Waals surface area contributed by atoms with Gasteiger partial charge in [-0.15, -0.1) is 0 Å². The lowest BCUT2D eigenvalue weighted by atomic mass is 10.0. The van der Waals surface area contributed by atoms with Crippen LogP contribution in [0, 0.1) is 6.92 Å². The fraction of sp³-hybridized carbons (Fsp3) is 0.190. The number of nitrogen functional groups attached to an aromatic ring is 1. The molecule has 3 rings (SSSR count). The Morgan fingerprint density at radius 3 is 2.11 bits per heavy atom. The van der Waals surface area contributed by atoms with Crippen LogP contribution >= 0.6 is 0 Å². The van der Waals surface area contributed by atoms with Crippen molar-refractivity contribution < 1.29 is 18.7 Å². The molecule has 0 saturated carbocycles. The molecule has 6 nitrogen and oxygen atoms in total. The highest BCUT2D eigenvalue weighted by Gasteiger charge is 2.19. The third-order valence-corrected chi connectivity index (χ3v) is 4.23. The second kappa shape index (κ2) is 7.86. The Bertz CT molecular complexity index is 934. The first-order valence-corrected chi connectivity index (χ1v) is 8.37. The minimum absolute atomic E-state index is 0.530. The van der Waals surface area contributed by atoms with Crippen LogP contribution in [0.1, 0.15) is 16.9 Å². The molecule has 6 heteroatoms. The molecule has 0 amide bonds. The van der Waals surface area contributed by atoms with Crippen LogP contribution in [0.15, 0.2) is 40.9 Å². The predicted molar refractivity (Wildman–Crippen MR) is 106 cm³/mol. The first-order chi connectivity index (χ1) is 13.1. The molecular weight excluding hydrogens is 344 g/mol. The molecule has 0 aliphatic rings. The highest BCUT2D eigenvalue weighted by atomic mass is 16.5. The number of hydrogen-bond donors (Lipinski definition) is 1. The highest BCUT2D eigenvalue weighted by Crippen LogP contribution is 2.42. The number of aromatic nitrogens is 1. The summed E-state index contributed by atoms with van der Waals surface area (Å²) in [5.74, 6) is 2.36. The van der Waals surface area contributed by atoms with Gasteiger partial charge in [-0.1, -0.05) is 23.4 Å². The van der Waals surface area contributed by atoms with Crippen molar-refractivity contribution in [3.63, 3.8) is 0 Å². The number of benzene rings is 2. The van der Waals surface area contributed by atoms with Gasteiger partial charge in [0, 0.05) is 16.8 Å². The van der Waals surface area contributed by atoms with Crippen LogP contribution in [-0.4, -0.2) is 26.5 Å². The molecule has 0 radical (unpaired) electrons. The minimum Gasteiger partial charge on any atom is -0.493 e. The second-order valence-electron chi connectivity index (χ2n) is 5.92. The average molecular weight is 366 g/mol. The maximum Gasteiger partial charge on any atom is 0.203 e. The molecule has 0 fully saturated rings. The van der Waals surface area contributed by atoms with Crippen LogP contribution in [0.25, 0.3) is 23.4 Å². The van der Waals surface area contributed by atoms with Crippen LogP contribution in [0.5, 0.6) is 17.2 Å². The number of nitrogens with two attached hydrogens (primary N) is 1. The van der Waals surface area contributed by atoms with Gasteiger partial charge in [-0.2, -0.15) is 0 Å². The number of hydrogen-bond acceptors (Lipinski definition) is 6. The zero-order valence-electron chi connectivity index (χ0n) is 15.8. The summed E-state index contributed by atoms with van der Waals surface area (Å²) >= 11 is 0. The van der Waals surface area contributed by atoms with Crippen molar-refractivity contribution in [1.82, 2.24) is 5.16 Å². The molecule has 1 heterocycles. The Kier molecular flexibility index (Phi) is 5.35. The van der Waals surface area contributed by atoms with Gasteiger partial charge in [-0.25, -0.2) is 0 Å². The Labute approximate surface area is 158 Å². The summed E-state index contributed by atoms with van der Waals surface area (Å²) in [4.78, 5) is 0. The first kappa shape index (κ1) is 18.4. The Morgan fingerprint density at radius 1 is 0.926 bits per heavy atom. The van der Waals surface area contributed by atoms with Gasteiger partial charge in [0.05, 0.1) is 21.3 Å². The smallest absolute Gasteiger partial charge is 0.203 e. The molecule has 0 aliphatic carbocycles. The zero-order chi connectivity index (χ0) is 19.4. The molecule has 2 N–H and O–H groups in total. The van der Waals surface area contributed by atoms with E-state index in [2.05, 4.69) is 5.16 Å². The van der Waals surface area contributed by atoms with E-state index in [9.17, 15) is 0 Å². The molecule has 0 aliphatic heterocycles. The lowest BCUT2D eigenvalue weighted by molar-refractivity contribution is 0.324. The fourth-order valence-corrected chi connectivity index (χ4v) is 2.79. The maximum atomic E-state index is 5.74. The normalized spacial score (nSPS) is 11.0. The molecule has 27 heavy (non-hydrogen) atoms. The van der Waals surface area contributed by atoms with E-state index in [-0.39, 0.29) is 0 Å². The second-order valence-corrected chi connectivity index (χ2v) is 5.92. The van der Waals surface area contributed by atoms with Crippen LogP contribution in [0.4, 0.5) is 5.69 Å². The molecule has 0 saturated heterocycles. The van der Waals surface area contributed by atoms with E-state index in [1.54, 1.807) is 21.3 Å². The van der Waals surface area contributed by atoms with E-state index in [0.717, 1.165) is 22.4 Å². The lowest BCUT2D eigenvalue weighted by Gasteiger charge is -2.13. The van der Waals surface area contributed by atoms with Gasteiger partial charge in [0.15, 0.2) is 11.5 Å². The van der Waals surface area contributed by atoms with Crippen LogP contribution in [0.3, 0.4) is 0 Å². The van der Waals surface area contributed by atoms with Crippen molar-refractivity contribution in [2.45, 2.75) is 6.92 Å². The van der Waals surface area contributed by atoms with E-state index in [1.165, 1.54) is 0 Å². The number of ether oxygens (including phenoxy) is 3. The lowest BCUT2D eigenvalue weighted by Crippen LogP contribution is -1.96. The molecule has 0 unspecified atom stereocenters. The zero-order valence-corrected chi connectivity index (χ0v) is 15.8. The van der Waals surface area contributed by atoms with E-state index >= 15 is 0 Å². The van der Waals surface area contributed by atoms with Crippen molar-refractivity contribution in [1.29, 1.82) is 0 Å². The van der Waals surface area contributed by atoms with Crippen molar-refractivity contribution in [2.24, 2.45) is 0 Å². The van der Waals surface area contributed by atoms with Crippen molar-refractivity contribution in [3.8, 4) is 28.5 Å². The molecule has 140 valence electrons. The molecule has 0 atom stereocenters. The van der Waals surface area contributed by atoms with E-state index < -0.39 is 0 Å². The van der Waals surface area contributed by atoms with Gasteiger partial charge in [0.1, 0.15) is 11.5 Å². The van der Waals surface area contributed by atoms with Crippen LogP contribution < -0.4 is 19.9 Å². The van der Waals surface area contributed by atoms with Crippen LogP contribution in [-0.2, 0) is 0 Å². The molecule has 3 aromatic rings. The Morgan fingerprint density at radius 2 is 1.56 bits per heavy atom. The van der Waals surface area contributed by atoms with Gasteiger partial charge in [0.2, 0.25) is 5.75 Å². The molecule has 0 bridgehead atoms. The summed E-state index contributed by atoms with van der Waals surface area (Å²) in [6.07, 6.45) is 3.95. The van der Waals surface area contributed by atoms with Gasteiger partial charge < -0.3 is 24.5 Å². The largest absolute Gasteiger partial charge is 0.493 e. The molecular formula is C21H22N2O4. The number of anilines is 1. The SMILES string of the molecule is COc1cc(-c2noc(C)c2/C=C/c2ccc(N)cc2)cc(OC)c1OC. The summed E-state index contributed by atoms with van der Waals surface area (Å²) in [5, 5.41) is 4.22. The third-order valence-electron chi connectivity index (χ3n) is 4.23. The molecule has 1 aromatic heterocycles. The Balaban J connectivity index is 2.05. The summed E-state index contributed by atoms with van der Waals surface area (Å²) in [5.41, 5.74) is 9.87. The summed E-state index contributed by atoms with van der Waals surface area (Å²) < 4.78 is 21.7. The molecule has 2 aromatic carbocycles. The summed E-state index contributed by atoms with van der Waals surface area (Å²) in [7, 11) is 4.73. The average Bonchev–Trinajstić information content (AvgIpc) is 3.06. The van der Waals surface area contributed by atoms with Crippen LogP contribution in [0.2, 0.25) is 0 Å². The minimum atomic E-state index is 0.530. The fourth-order valence-electron chi connectivity index (χ4n) is 2.79. The van der Waals surface area contributed by atoms with Gasteiger partial charge in [-0.05, 0) is 42.8 Å². The van der Waals surface area contributed by atoms with Crippen molar-refractivity contribution in [2.75, 3.05) is 27.1 Å². The Hall–Kier alpha value is -3.41. The van der Waals surface area contributed by atoms with Gasteiger partial charge in [0.25, 0.3) is 0 Å². The topological polar surface area (TPSA) is 79.7 Å². The number of aryl methyl sites for hydroxylation is 1. The van der Waals surface area contributed by atoms with Gasteiger partial charge >= 0.3 is 0 Å². The van der Waals surface area contributed by atoms with Crippen molar-refractivity contribution in [3.05, 3.63) is 53.3 Å². The number of methoxy groups -OCH3 is 3. The predicted octanol–water partition coefficient (Wildman–Crippen LogP) is 4.43. The third kappa shape index (κ3) is 3.74. The van der Waals surface area contributed by atoms with E-state index in [1.807, 2.05) is 55.5 Å². The summed E-state index contributed by atoms with van der Waals surface area (Å²) in [6, 6.07) is 11.3. The standard InChI is InChI=1S/C21H22N2O4/c1-13-17(10-7-14-5-8-16(22)9-6-14)20(23-27-13)15-11-18(24-2)21(26-4)19(12-15)25-3/h5-12H,22H2,1-4H3/b10-7+. The number of rotatable bonds is 6. The summed E-state index contributed by atoms with van der Waals surface area (Å²) in [6.45, 7) is 1.87. The van der Waals surface area contributed by atoms with E-state index in [4.69, 9.17) is 24.5 Å². The molecule has 0 spiro atoms. The maximum absolute atomic E-state index is 5.74. The van der Waals surface area contributed by atoms with Gasteiger partial charge in [-0.3, -0.25) is 0 Å². The van der Waals surface area contributed by atoms with E-state index in [0.29, 0.717) is 28.7 Å². The number of nitrogens with zero attached hydrogens (tertiary/aromatic N) is 1.